The molecule has 1 aliphatic rings. The van der Waals surface area contributed by atoms with Crippen LogP contribution in [0.15, 0.2) is 12.1 Å². The molecule has 0 aromatic heterocycles. The van der Waals surface area contributed by atoms with Gasteiger partial charge in [0.1, 0.15) is 5.56 Å². The lowest BCUT2D eigenvalue weighted by Crippen LogP contribution is -2.19. The van der Waals surface area contributed by atoms with Crippen LogP contribution in [0.5, 0.6) is 11.5 Å². The maximum absolute atomic E-state index is 12.4. The molecule has 0 saturated heterocycles. The number of phenolic OH excluding ortho intramolecular Hbond substituents is 2. The molecule has 0 unspecified atom stereocenters. The Morgan fingerprint density at radius 2 is 1.69 bits per heavy atom. The number of nitrogens with two attached hydrogens (primary N) is 1. The SMILES string of the molecule is NC1(c2ccc(C(F)(F)F)c(O)c2O)CC1. The Labute approximate surface area is 89.3 Å². The van der Waals surface area contributed by atoms with Crippen molar-refractivity contribution < 1.29 is 23.4 Å². The van der Waals surface area contributed by atoms with Crippen molar-refractivity contribution in [2.24, 2.45) is 5.73 Å². The van der Waals surface area contributed by atoms with Gasteiger partial charge in [-0.3, -0.25) is 0 Å². The zero-order chi connectivity index (χ0) is 12.1. The number of aromatic hydroxyl groups is 2. The highest BCUT2D eigenvalue weighted by Crippen LogP contribution is 2.51. The predicted molar refractivity (Wildman–Crippen MR) is 49.9 cm³/mol. The highest BCUT2D eigenvalue weighted by molar-refractivity contribution is 5.54. The second kappa shape index (κ2) is 3.04. The molecule has 6 heteroatoms. The fourth-order valence-corrected chi connectivity index (χ4v) is 1.61. The Balaban J connectivity index is 2.53. The van der Waals surface area contributed by atoms with Crippen LogP contribution in [0.2, 0.25) is 0 Å². The third-order valence-electron chi connectivity index (χ3n) is 2.78. The zero-order valence-corrected chi connectivity index (χ0v) is 8.17. The van der Waals surface area contributed by atoms with E-state index < -0.39 is 28.8 Å². The molecule has 0 heterocycles. The van der Waals surface area contributed by atoms with E-state index in [9.17, 15) is 23.4 Å². The summed E-state index contributed by atoms with van der Waals surface area (Å²) < 4.78 is 37.1. The summed E-state index contributed by atoms with van der Waals surface area (Å²) in [5.74, 6) is -1.92. The van der Waals surface area contributed by atoms with Crippen LogP contribution in [0.3, 0.4) is 0 Å². The first-order chi connectivity index (χ1) is 7.26. The molecule has 0 radical (unpaired) electrons. The van der Waals surface area contributed by atoms with Crippen LogP contribution in [0.1, 0.15) is 24.0 Å². The number of benzene rings is 1. The molecule has 2 rings (SSSR count). The van der Waals surface area contributed by atoms with E-state index >= 15 is 0 Å². The number of halogens is 3. The monoisotopic (exact) mass is 233 g/mol. The third-order valence-corrected chi connectivity index (χ3v) is 2.78. The Hall–Kier alpha value is -1.43. The van der Waals surface area contributed by atoms with E-state index in [2.05, 4.69) is 0 Å². The van der Waals surface area contributed by atoms with Crippen LogP contribution in [-0.2, 0) is 11.7 Å². The van der Waals surface area contributed by atoms with Gasteiger partial charge in [-0.15, -0.1) is 0 Å². The molecule has 0 amide bonds. The number of phenols is 2. The van der Waals surface area contributed by atoms with Gasteiger partial charge in [-0.2, -0.15) is 13.2 Å². The lowest BCUT2D eigenvalue weighted by atomic mass is 10.0. The Kier molecular flexibility index (Phi) is 2.10. The highest BCUT2D eigenvalue weighted by atomic mass is 19.4. The molecule has 3 nitrogen and oxygen atoms in total. The Morgan fingerprint density at radius 1 is 1.12 bits per heavy atom. The summed E-state index contributed by atoms with van der Waals surface area (Å²) in [7, 11) is 0. The molecule has 1 saturated carbocycles. The average Bonchev–Trinajstić information content (AvgIpc) is 2.87. The molecule has 1 aliphatic carbocycles. The lowest BCUT2D eigenvalue weighted by molar-refractivity contribution is -0.138. The van der Waals surface area contributed by atoms with Crippen molar-refractivity contribution in [2.75, 3.05) is 0 Å². The van der Waals surface area contributed by atoms with E-state index in [-0.39, 0.29) is 5.56 Å². The van der Waals surface area contributed by atoms with E-state index in [0.717, 1.165) is 12.1 Å². The van der Waals surface area contributed by atoms with E-state index in [4.69, 9.17) is 5.73 Å². The summed E-state index contributed by atoms with van der Waals surface area (Å²) in [4.78, 5) is 0. The van der Waals surface area contributed by atoms with Crippen LogP contribution in [0.25, 0.3) is 0 Å². The largest absolute Gasteiger partial charge is 0.504 e. The van der Waals surface area contributed by atoms with Gasteiger partial charge < -0.3 is 15.9 Å². The third kappa shape index (κ3) is 1.59. The van der Waals surface area contributed by atoms with Crippen LogP contribution in [0, 0.1) is 0 Å². The Bertz CT molecular complexity index is 408. The summed E-state index contributed by atoms with van der Waals surface area (Å²) in [5, 5.41) is 18.8. The summed E-state index contributed by atoms with van der Waals surface area (Å²) in [6, 6.07) is 1.85. The molecule has 88 valence electrons. The van der Waals surface area contributed by atoms with Crippen LogP contribution in [-0.4, -0.2) is 10.2 Å². The van der Waals surface area contributed by atoms with E-state index in [1.165, 1.54) is 0 Å². The van der Waals surface area contributed by atoms with Gasteiger partial charge in [0.25, 0.3) is 0 Å². The molecular formula is C10H10F3NO2. The van der Waals surface area contributed by atoms with Crippen molar-refractivity contribution >= 4 is 0 Å². The highest BCUT2D eigenvalue weighted by Gasteiger charge is 2.44. The van der Waals surface area contributed by atoms with Crippen LogP contribution in [0.4, 0.5) is 13.2 Å². The van der Waals surface area contributed by atoms with Crippen LogP contribution >= 0.6 is 0 Å². The van der Waals surface area contributed by atoms with Crippen molar-refractivity contribution in [2.45, 2.75) is 24.6 Å². The van der Waals surface area contributed by atoms with Gasteiger partial charge in [0.05, 0.1) is 0 Å². The summed E-state index contributed by atoms with van der Waals surface area (Å²) in [5.41, 5.74) is 3.87. The molecule has 0 atom stereocenters. The molecule has 1 aromatic carbocycles. The summed E-state index contributed by atoms with van der Waals surface area (Å²) in [6.07, 6.45) is -3.51. The molecule has 0 aliphatic heterocycles. The maximum Gasteiger partial charge on any atom is 0.420 e. The first-order valence-corrected chi connectivity index (χ1v) is 4.67. The summed E-state index contributed by atoms with van der Waals surface area (Å²) >= 11 is 0. The van der Waals surface area contributed by atoms with Crippen molar-refractivity contribution in [1.29, 1.82) is 0 Å². The van der Waals surface area contributed by atoms with E-state index in [1.807, 2.05) is 0 Å². The second-order valence-corrected chi connectivity index (χ2v) is 4.01. The molecule has 4 N–H and O–H groups in total. The van der Waals surface area contributed by atoms with Crippen LogP contribution < -0.4 is 5.73 Å². The molecule has 0 bridgehead atoms. The number of hydrogen-bond acceptors (Lipinski definition) is 3. The smallest absolute Gasteiger partial charge is 0.420 e. The molecule has 1 fully saturated rings. The topological polar surface area (TPSA) is 66.5 Å². The lowest BCUT2D eigenvalue weighted by Gasteiger charge is -2.16. The predicted octanol–water partition coefficient (Wildman–Crippen LogP) is 2.06. The Morgan fingerprint density at radius 3 is 2.12 bits per heavy atom. The first kappa shape index (κ1) is 11.1. The number of alkyl halides is 3. The van der Waals surface area contributed by atoms with Gasteiger partial charge in [0.15, 0.2) is 11.5 Å². The zero-order valence-electron chi connectivity index (χ0n) is 8.17. The molecule has 1 aromatic rings. The quantitative estimate of drug-likeness (QED) is 0.650. The van der Waals surface area contributed by atoms with Gasteiger partial charge in [0.2, 0.25) is 0 Å². The number of hydrogen-bond donors (Lipinski definition) is 3. The second-order valence-electron chi connectivity index (χ2n) is 4.01. The molecule has 0 spiro atoms. The van der Waals surface area contributed by atoms with Gasteiger partial charge in [-0.05, 0) is 18.9 Å². The van der Waals surface area contributed by atoms with Crippen molar-refractivity contribution in [3.8, 4) is 11.5 Å². The van der Waals surface area contributed by atoms with Crippen molar-refractivity contribution in [3.05, 3.63) is 23.3 Å². The van der Waals surface area contributed by atoms with Crippen molar-refractivity contribution in [1.82, 2.24) is 0 Å². The van der Waals surface area contributed by atoms with Gasteiger partial charge in [-0.25, -0.2) is 0 Å². The van der Waals surface area contributed by atoms with Gasteiger partial charge in [-0.1, -0.05) is 6.07 Å². The average molecular weight is 233 g/mol. The minimum atomic E-state index is -4.69. The first-order valence-electron chi connectivity index (χ1n) is 4.67. The normalized spacial score (nSPS) is 18.5. The van der Waals surface area contributed by atoms with Gasteiger partial charge >= 0.3 is 6.18 Å². The summed E-state index contributed by atoms with van der Waals surface area (Å²) in [6.45, 7) is 0. The molecule has 16 heavy (non-hydrogen) atoms. The number of rotatable bonds is 1. The molecular weight excluding hydrogens is 223 g/mol. The standard InChI is InChI=1S/C10H10F3NO2/c11-10(12,13)6-2-1-5(7(15)8(6)16)9(14)3-4-9/h1-2,15-16H,3-4,14H2. The fourth-order valence-electron chi connectivity index (χ4n) is 1.61. The van der Waals surface area contributed by atoms with E-state index in [0.29, 0.717) is 12.8 Å². The maximum atomic E-state index is 12.4. The minimum absolute atomic E-state index is 0.165. The van der Waals surface area contributed by atoms with Crippen molar-refractivity contribution in [3.63, 3.8) is 0 Å². The minimum Gasteiger partial charge on any atom is -0.504 e. The fraction of sp³-hybridized carbons (Fsp3) is 0.400. The van der Waals surface area contributed by atoms with Gasteiger partial charge in [0, 0.05) is 11.1 Å². The van der Waals surface area contributed by atoms with E-state index in [1.54, 1.807) is 0 Å².